The molecule has 0 atom stereocenters. The molecule has 1 heterocycles. The second-order valence-corrected chi connectivity index (χ2v) is 7.31. The third kappa shape index (κ3) is 5.16. The van der Waals surface area contributed by atoms with Gasteiger partial charge in [-0.05, 0) is 42.8 Å². The highest BCUT2D eigenvalue weighted by Crippen LogP contribution is 2.24. The van der Waals surface area contributed by atoms with Crippen molar-refractivity contribution in [3.63, 3.8) is 0 Å². The van der Waals surface area contributed by atoms with Crippen LogP contribution in [0.25, 0.3) is 0 Å². The summed E-state index contributed by atoms with van der Waals surface area (Å²) in [6.07, 6.45) is 0.122. The number of nitrogens with one attached hydrogen (secondary N) is 2. The first-order chi connectivity index (χ1) is 12.0. The van der Waals surface area contributed by atoms with Crippen molar-refractivity contribution < 1.29 is 4.79 Å². The predicted octanol–water partition coefficient (Wildman–Crippen LogP) is 5.08. The van der Waals surface area contributed by atoms with Gasteiger partial charge in [0.05, 0.1) is 6.42 Å². The Labute approximate surface area is 159 Å². The van der Waals surface area contributed by atoms with E-state index in [0.29, 0.717) is 25.9 Å². The van der Waals surface area contributed by atoms with Crippen LogP contribution >= 0.6 is 34.5 Å². The summed E-state index contributed by atoms with van der Waals surface area (Å²) in [6.45, 7) is 2.02. The van der Waals surface area contributed by atoms with Crippen LogP contribution < -0.4 is 10.6 Å². The van der Waals surface area contributed by atoms with Gasteiger partial charge in [-0.15, -0.1) is 10.2 Å². The largest absolute Gasteiger partial charge is 0.330 e. The molecule has 0 radical (unpaired) electrons. The smallest absolute Gasteiger partial charge is 0.231 e. The van der Waals surface area contributed by atoms with Crippen LogP contribution in [0.1, 0.15) is 10.6 Å². The lowest BCUT2D eigenvalue weighted by Crippen LogP contribution is -2.14. The van der Waals surface area contributed by atoms with E-state index in [0.717, 1.165) is 11.3 Å². The number of halogens is 2. The van der Waals surface area contributed by atoms with Crippen molar-refractivity contribution in [1.29, 1.82) is 0 Å². The number of carbonyl (C=O) groups excluding carboxylic acids is 1. The van der Waals surface area contributed by atoms with Crippen molar-refractivity contribution in [2.24, 2.45) is 0 Å². The molecule has 1 amide bonds. The van der Waals surface area contributed by atoms with Gasteiger partial charge < -0.3 is 10.6 Å². The first-order valence-electron chi connectivity index (χ1n) is 7.40. The van der Waals surface area contributed by atoms with Crippen LogP contribution in [-0.2, 0) is 11.2 Å². The molecule has 3 rings (SSSR count). The molecule has 0 aliphatic heterocycles. The van der Waals surface area contributed by atoms with Gasteiger partial charge in [-0.2, -0.15) is 0 Å². The maximum Gasteiger partial charge on any atom is 0.231 e. The average molecular weight is 393 g/mol. The van der Waals surface area contributed by atoms with Gasteiger partial charge in [0.2, 0.25) is 11.0 Å². The molecule has 0 bridgehead atoms. The number of aromatic nitrogens is 2. The summed E-state index contributed by atoms with van der Waals surface area (Å²) in [4.78, 5) is 12.1. The summed E-state index contributed by atoms with van der Waals surface area (Å²) in [5.74, 6) is -0.211. The fraction of sp³-hybridized carbons (Fsp3) is 0.118. The molecule has 128 valence electrons. The number of benzene rings is 2. The van der Waals surface area contributed by atoms with E-state index in [4.69, 9.17) is 23.2 Å². The van der Waals surface area contributed by atoms with E-state index in [-0.39, 0.29) is 12.3 Å². The molecule has 0 spiro atoms. The number of hydrogen-bond acceptors (Lipinski definition) is 5. The molecule has 2 N–H and O–H groups in total. The highest BCUT2D eigenvalue weighted by molar-refractivity contribution is 7.15. The Morgan fingerprint density at radius 3 is 2.56 bits per heavy atom. The zero-order valence-electron chi connectivity index (χ0n) is 13.2. The summed E-state index contributed by atoms with van der Waals surface area (Å²) >= 11 is 13.2. The Kier molecular flexibility index (Phi) is 5.53. The van der Waals surface area contributed by atoms with Crippen molar-refractivity contribution >= 4 is 57.0 Å². The van der Waals surface area contributed by atoms with Crippen molar-refractivity contribution in [2.45, 2.75) is 13.3 Å². The molecule has 0 saturated carbocycles. The molecule has 5 nitrogen and oxygen atoms in total. The Bertz CT molecular complexity index is 893. The Hall–Kier alpha value is -2.15. The highest BCUT2D eigenvalue weighted by Gasteiger charge is 2.11. The molecule has 1 aromatic heterocycles. The Morgan fingerprint density at radius 1 is 1.08 bits per heavy atom. The van der Waals surface area contributed by atoms with Crippen LogP contribution in [0.4, 0.5) is 16.5 Å². The minimum Gasteiger partial charge on any atom is -0.330 e. The van der Waals surface area contributed by atoms with Crippen LogP contribution in [0.15, 0.2) is 42.5 Å². The number of anilines is 3. The zero-order valence-corrected chi connectivity index (χ0v) is 15.5. The third-order valence-electron chi connectivity index (χ3n) is 3.19. The number of amides is 1. The topological polar surface area (TPSA) is 66.9 Å². The molecule has 0 saturated heterocycles. The van der Waals surface area contributed by atoms with Gasteiger partial charge in [0.15, 0.2) is 0 Å². The van der Waals surface area contributed by atoms with Gasteiger partial charge in [-0.1, -0.05) is 46.7 Å². The van der Waals surface area contributed by atoms with Gasteiger partial charge in [-0.25, -0.2) is 0 Å². The van der Waals surface area contributed by atoms with Crippen molar-refractivity contribution in [2.75, 3.05) is 10.6 Å². The number of aryl methyl sites for hydroxylation is 1. The molecule has 0 fully saturated rings. The zero-order chi connectivity index (χ0) is 17.8. The average Bonchev–Trinajstić information content (AvgIpc) is 2.92. The van der Waals surface area contributed by atoms with E-state index in [1.54, 1.807) is 18.2 Å². The molecule has 0 aliphatic rings. The summed E-state index contributed by atoms with van der Waals surface area (Å²) in [5, 5.41) is 16.2. The van der Waals surface area contributed by atoms with Crippen molar-refractivity contribution in [1.82, 2.24) is 10.2 Å². The van der Waals surface area contributed by atoms with E-state index in [1.807, 2.05) is 31.2 Å². The fourth-order valence-corrected chi connectivity index (χ4v) is 3.48. The first kappa shape index (κ1) is 17.7. The van der Waals surface area contributed by atoms with Crippen molar-refractivity contribution in [3.8, 4) is 0 Å². The van der Waals surface area contributed by atoms with E-state index < -0.39 is 0 Å². The quantitative estimate of drug-likeness (QED) is 0.635. The fourth-order valence-electron chi connectivity index (χ4n) is 2.19. The lowest BCUT2D eigenvalue weighted by atomic mass is 10.2. The summed E-state index contributed by atoms with van der Waals surface area (Å²) in [7, 11) is 0. The second kappa shape index (κ2) is 7.82. The molecule has 8 heteroatoms. The van der Waals surface area contributed by atoms with Crippen LogP contribution in [-0.4, -0.2) is 16.1 Å². The molecule has 2 aromatic carbocycles. The molecule has 25 heavy (non-hydrogen) atoms. The normalized spacial score (nSPS) is 10.5. The number of nitrogens with zero attached hydrogens (tertiary/aromatic N) is 2. The minimum atomic E-state index is -0.211. The molecule has 0 aliphatic carbocycles. The SMILES string of the molecule is Cc1cccc(Nc2nnc(CC(=O)Nc3cc(Cl)cc(Cl)c3)s2)c1. The van der Waals surface area contributed by atoms with Gasteiger partial charge in [0, 0.05) is 21.4 Å². The van der Waals surface area contributed by atoms with E-state index in [2.05, 4.69) is 20.8 Å². The third-order valence-corrected chi connectivity index (χ3v) is 4.47. The predicted molar refractivity (Wildman–Crippen MR) is 103 cm³/mol. The Morgan fingerprint density at radius 2 is 1.84 bits per heavy atom. The molecule has 0 unspecified atom stereocenters. The summed E-state index contributed by atoms with van der Waals surface area (Å²) in [6, 6.07) is 12.8. The minimum absolute atomic E-state index is 0.122. The van der Waals surface area contributed by atoms with E-state index in [9.17, 15) is 4.79 Å². The lowest BCUT2D eigenvalue weighted by molar-refractivity contribution is -0.115. The van der Waals surface area contributed by atoms with Crippen LogP contribution in [0.5, 0.6) is 0 Å². The van der Waals surface area contributed by atoms with Crippen LogP contribution in [0.2, 0.25) is 10.0 Å². The van der Waals surface area contributed by atoms with Crippen molar-refractivity contribution in [3.05, 3.63) is 63.1 Å². The van der Waals surface area contributed by atoms with E-state index >= 15 is 0 Å². The van der Waals surface area contributed by atoms with Crippen LogP contribution in [0, 0.1) is 6.92 Å². The molecular formula is C17H14Cl2N4OS. The Balaban J connectivity index is 1.61. The van der Waals surface area contributed by atoms with Gasteiger partial charge in [0.1, 0.15) is 5.01 Å². The number of hydrogen-bond donors (Lipinski definition) is 2. The number of carbonyl (C=O) groups is 1. The highest BCUT2D eigenvalue weighted by atomic mass is 35.5. The number of rotatable bonds is 5. The maximum absolute atomic E-state index is 12.1. The maximum atomic E-state index is 12.1. The monoisotopic (exact) mass is 392 g/mol. The molecular weight excluding hydrogens is 379 g/mol. The van der Waals surface area contributed by atoms with Gasteiger partial charge in [-0.3, -0.25) is 4.79 Å². The van der Waals surface area contributed by atoms with Gasteiger partial charge in [0.25, 0.3) is 0 Å². The van der Waals surface area contributed by atoms with E-state index in [1.165, 1.54) is 11.3 Å². The standard InChI is InChI=1S/C17H14Cl2N4OS/c1-10-3-2-4-13(5-10)21-17-23-22-16(25-17)9-15(24)20-14-7-11(18)6-12(19)8-14/h2-8H,9H2,1H3,(H,20,24)(H,21,23). The molecule has 3 aromatic rings. The summed E-state index contributed by atoms with van der Waals surface area (Å²) in [5.41, 5.74) is 2.63. The second-order valence-electron chi connectivity index (χ2n) is 5.38. The first-order valence-corrected chi connectivity index (χ1v) is 8.97. The van der Waals surface area contributed by atoms with Crippen LogP contribution in [0.3, 0.4) is 0 Å². The lowest BCUT2D eigenvalue weighted by Gasteiger charge is -2.05. The van der Waals surface area contributed by atoms with Gasteiger partial charge >= 0.3 is 0 Å². The summed E-state index contributed by atoms with van der Waals surface area (Å²) < 4.78 is 0.